The van der Waals surface area contributed by atoms with Crippen LogP contribution < -0.4 is 91.6 Å². The first-order chi connectivity index (χ1) is 64.9. The highest BCUT2D eigenvalue weighted by atomic mass is 32.2. The van der Waals surface area contributed by atoms with Crippen molar-refractivity contribution >= 4 is 129 Å². The van der Waals surface area contributed by atoms with E-state index in [1.807, 2.05) is 30.3 Å². The number of nitrogens with two attached hydrogens (primary N) is 3. The van der Waals surface area contributed by atoms with Gasteiger partial charge in [-0.1, -0.05) is 171 Å². The van der Waals surface area contributed by atoms with Gasteiger partial charge >= 0.3 is 5.97 Å². The van der Waals surface area contributed by atoms with Crippen molar-refractivity contribution in [1.82, 2.24) is 89.2 Å². The molecule has 16 amide bonds. The van der Waals surface area contributed by atoms with Crippen molar-refractivity contribution in [1.29, 1.82) is 5.41 Å². The first-order valence-electron chi connectivity index (χ1n) is 45.4. The van der Waals surface area contributed by atoms with Crippen LogP contribution in [0.5, 0.6) is 5.75 Å². The van der Waals surface area contributed by atoms with E-state index in [-0.39, 0.29) is 82.0 Å². The molecule has 0 unspecified atom stereocenters. The van der Waals surface area contributed by atoms with Gasteiger partial charge in [-0.2, -0.15) is 0 Å². The Labute approximate surface area is 799 Å². The van der Waals surface area contributed by atoms with Crippen LogP contribution in [0.4, 0.5) is 0 Å². The lowest BCUT2D eigenvalue weighted by Gasteiger charge is -2.35. The number of phenols is 1. The molecular formula is C95H131N21O20S. The van der Waals surface area contributed by atoms with Crippen LogP contribution in [-0.4, -0.2) is 273 Å². The van der Waals surface area contributed by atoms with E-state index in [4.69, 9.17) is 22.6 Å². The highest BCUT2D eigenvalue weighted by Crippen LogP contribution is 2.25. The third kappa shape index (κ3) is 34.7. The number of benzene rings is 5. The molecule has 42 heteroatoms. The fourth-order valence-corrected chi connectivity index (χ4v) is 16.1. The van der Waals surface area contributed by atoms with Gasteiger partial charge in [0, 0.05) is 69.2 Å². The highest BCUT2D eigenvalue weighted by Gasteiger charge is 2.42. The quantitative estimate of drug-likeness (QED) is 0.0169. The van der Waals surface area contributed by atoms with E-state index in [2.05, 4.69) is 79.4 Å². The number of carboxylic acids is 1. The number of hydrogen-bond donors (Lipinski definition) is 22. The van der Waals surface area contributed by atoms with Gasteiger partial charge in [0.05, 0.1) is 25.3 Å². The monoisotopic (exact) mass is 1920 g/mol. The molecule has 1 fully saturated rings. The van der Waals surface area contributed by atoms with Crippen LogP contribution in [0.15, 0.2) is 140 Å². The molecule has 0 aliphatic carbocycles. The number of aromatic nitrogens is 1. The summed E-state index contributed by atoms with van der Waals surface area (Å²) in [7, 11) is 2.59. The number of guanidine groups is 1. The Balaban J connectivity index is 1.34. The Morgan fingerprint density at radius 2 is 0.934 bits per heavy atom. The molecule has 0 bridgehead atoms. The number of nitrogens with zero attached hydrogens (tertiary/aromatic N) is 2. The maximum atomic E-state index is 15.6. The maximum absolute atomic E-state index is 15.6. The van der Waals surface area contributed by atoms with Crippen molar-refractivity contribution in [2.24, 2.45) is 40.9 Å². The third-order valence-corrected chi connectivity index (χ3v) is 23.9. The van der Waals surface area contributed by atoms with Crippen LogP contribution in [0.3, 0.4) is 0 Å². The number of aromatic amines is 1. The van der Waals surface area contributed by atoms with Crippen LogP contribution in [0.25, 0.3) is 22.0 Å². The van der Waals surface area contributed by atoms with Crippen molar-refractivity contribution in [2.45, 2.75) is 211 Å². The highest BCUT2D eigenvalue weighted by molar-refractivity contribution is 8.00. The number of rotatable bonds is 27. The number of carboxylic acid groups (broad SMARTS) is 1. The molecule has 742 valence electrons. The summed E-state index contributed by atoms with van der Waals surface area (Å²) < 4.78 is 0. The van der Waals surface area contributed by atoms with Crippen molar-refractivity contribution in [3.63, 3.8) is 0 Å². The first kappa shape index (κ1) is 110. The van der Waals surface area contributed by atoms with Gasteiger partial charge in [0.25, 0.3) is 0 Å². The summed E-state index contributed by atoms with van der Waals surface area (Å²) in [6.45, 7) is 12.4. The lowest BCUT2D eigenvalue weighted by Crippen LogP contribution is -2.62. The number of hydrogen-bond acceptors (Lipinski definition) is 22. The number of amides is 16. The smallest absolute Gasteiger partial charge is 0.305 e. The Hall–Kier alpha value is -14.0. The molecule has 14 atom stereocenters. The molecule has 6 aromatic rings. The number of aliphatic carboxylic acids is 1. The zero-order chi connectivity index (χ0) is 101. The van der Waals surface area contributed by atoms with Crippen molar-refractivity contribution in [3.8, 4) is 16.9 Å². The van der Waals surface area contributed by atoms with Crippen molar-refractivity contribution < 1.29 is 96.8 Å². The minimum absolute atomic E-state index is 0.00706. The van der Waals surface area contributed by atoms with Gasteiger partial charge in [0.15, 0.2) is 5.96 Å². The Morgan fingerprint density at radius 1 is 0.482 bits per heavy atom. The summed E-state index contributed by atoms with van der Waals surface area (Å²) >= 11 is 0.724. The van der Waals surface area contributed by atoms with E-state index < -0.39 is 240 Å². The Morgan fingerprint density at radius 3 is 1.48 bits per heavy atom. The SMILES string of the molecule is CC(C)C[C@@H]1NC(=O)CSC[C@@H](C(=O)NCC(N)=O)NC(=O)[C@H](CO)NC(=O)[C@H](C(C)C)NC(=O)[C@H](CC(C)C)NC(=O)[C@H](CCN)NC(=O)[C@H](Cc2ccccc2)N(C)C(=O)[C@H](C)N(C)C(=O)[C@H](CCCNC(=N)N)NC(=O)[C@H](Cc2ccc(-c3ccccc3)cc2)NC(=O)[C@H](C(C)C)NC(=O)[C@H](Cc2c[nH]c3ccccc23)NC(=O)[C@H](CC(=O)O)NC(=O)[C@H](Cc2ccc(O)cc2)NC1=O. The van der Waals surface area contributed by atoms with Crippen molar-refractivity contribution in [2.75, 3.05) is 51.8 Å². The van der Waals surface area contributed by atoms with E-state index >= 15 is 38.4 Å². The van der Waals surface area contributed by atoms with Crippen molar-refractivity contribution in [3.05, 3.63) is 162 Å². The summed E-state index contributed by atoms with van der Waals surface area (Å²) in [5.41, 5.74) is 21.1. The van der Waals surface area contributed by atoms with E-state index in [9.17, 15) is 58.5 Å². The second-order valence-corrected chi connectivity index (χ2v) is 36.4. The number of nitrogens with one attached hydrogen (secondary N) is 16. The summed E-state index contributed by atoms with van der Waals surface area (Å²) in [5.74, 6) is -21.5. The topological polar surface area (TPSA) is 643 Å². The summed E-state index contributed by atoms with van der Waals surface area (Å²) in [5, 5.41) is 76.4. The number of aromatic hydroxyl groups is 1. The van der Waals surface area contributed by atoms with Gasteiger partial charge in [-0.3, -0.25) is 86.9 Å². The molecule has 1 aliphatic rings. The van der Waals surface area contributed by atoms with E-state index in [1.165, 1.54) is 59.1 Å². The summed E-state index contributed by atoms with van der Waals surface area (Å²) in [4.78, 5) is 253. The normalized spacial score (nSPS) is 23.0. The molecule has 137 heavy (non-hydrogen) atoms. The predicted octanol–water partition coefficient (Wildman–Crippen LogP) is -0.866. The van der Waals surface area contributed by atoms with Gasteiger partial charge in [-0.15, -0.1) is 11.8 Å². The second-order valence-electron chi connectivity index (χ2n) is 35.4. The molecule has 25 N–H and O–H groups in total. The number of aliphatic hydroxyl groups is 1. The molecule has 2 heterocycles. The van der Waals surface area contributed by atoms with Gasteiger partial charge in [0.1, 0.15) is 90.3 Å². The Kier molecular flexibility index (Phi) is 43.3. The molecular weight excluding hydrogens is 1790 g/mol. The number of phenolic OH excluding ortho intramolecular Hbond substituents is 1. The summed E-state index contributed by atoms with van der Waals surface area (Å²) in [6, 6.07) is 14.5. The van der Waals surface area contributed by atoms with Crippen LogP contribution in [0, 0.1) is 29.1 Å². The largest absolute Gasteiger partial charge is 0.508 e. The fourth-order valence-electron chi connectivity index (χ4n) is 15.2. The predicted molar refractivity (Wildman–Crippen MR) is 512 cm³/mol. The number of aliphatic hydroxyl groups excluding tert-OH is 1. The standard InChI is InChI=1S/C95H131N21O20S/c1-51(2)39-67-83(125)107-69(42-58-30-34-62(118)35-31-58)85(127)109-72(45-78(121)122)86(128)108-71(44-61-46-101-64-26-19-18-25-63(61)64)88(130)114-79(53(5)6)91(133)110-70(41-57-28-32-60(33-29-57)59-23-16-13-17-24-59)84(126)105-66(27-20-38-100-95(98)99)94(136)115(10)55(9)93(135)116(11)75(43-56-21-14-12-15-22-56)90(132)104-65(36-37-96)82(124)106-68(40-52(3)4)87(129)113-80(54(7)8)92(134)111-73(48-117)89(131)112-74(49-137-50-77(120)103-67)81(123)102-47-76(97)119/h12-19,21-26,28-35,46,51-55,65-75,79-80,101,117-118H,20,27,36-45,47-50,96H2,1-11H3,(H2,97,119)(H,102,123)(H,103,120)(H,104,132)(H,105,126)(H,106,124)(H,107,125)(H,108,128)(H,109,127)(H,110,133)(H,111,134)(H,112,131)(H,113,129)(H,114,130)(H,121,122)(H4,98,99,100)/t55-,65-,66-,67-,68-,69-,70-,71-,72-,73-,74-,75-,79-,80-/m0/s1. The number of likely N-dealkylation sites (N-methyl/N-ethyl adjacent to an activating group) is 2. The zero-order valence-corrected chi connectivity index (χ0v) is 79.6. The lowest BCUT2D eigenvalue weighted by atomic mass is 9.98. The lowest BCUT2D eigenvalue weighted by molar-refractivity contribution is -0.148. The van der Waals surface area contributed by atoms with Crippen LogP contribution in [0.1, 0.15) is 123 Å². The maximum Gasteiger partial charge on any atom is 0.305 e. The van der Waals surface area contributed by atoms with Gasteiger partial charge in [0.2, 0.25) is 94.5 Å². The van der Waals surface area contributed by atoms with Crippen LogP contribution in [0.2, 0.25) is 0 Å². The molecule has 1 aliphatic heterocycles. The minimum Gasteiger partial charge on any atom is -0.508 e. The van der Waals surface area contributed by atoms with Crippen LogP contribution in [-0.2, 0) is 107 Å². The van der Waals surface area contributed by atoms with E-state index in [0.29, 0.717) is 33.2 Å². The van der Waals surface area contributed by atoms with E-state index in [1.54, 1.807) is 127 Å². The number of fused-ring (bicyclic) bond motifs is 1. The molecule has 41 nitrogen and oxygen atoms in total. The number of carbonyl (C=O) groups is 17. The molecule has 1 saturated heterocycles. The molecule has 1 aromatic heterocycles. The summed E-state index contributed by atoms with van der Waals surface area (Å²) in [6.07, 6.45) is -1.37. The molecule has 0 saturated carbocycles. The first-order valence-corrected chi connectivity index (χ1v) is 46.5. The zero-order valence-electron chi connectivity index (χ0n) is 78.8. The molecule has 5 aromatic carbocycles. The molecule has 7 rings (SSSR count). The minimum atomic E-state index is -2.06. The average molecular weight is 1920 g/mol. The molecule has 0 spiro atoms. The number of thioether (sulfide) groups is 1. The van der Waals surface area contributed by atoms with Gasteiger partial charge < -0.3 is 122 Å². The number of H-pyrrole nitrogens is 1. The number of primary amides is 1. The number of carbonyl (C=O) groups excluding carboxylic acids is 16. The van der Waals surface area contributed by atoms with Gasteiger partial charge in [-0.25, -0.2) is 0 Å². The van der Waals surface area contributed by atoms with Crippen LogP contribution >= 0.6 is 11.8 Å². The Bertz CT molecular complexity index is 5180. The average Bonchev–Trinajstić information content (AvgIpc) is 1.77. The number of para-hydroxylation sites is 1. The molecule has 0 radical (unpaired) electrons. The fraction of sp³-hybridized carbons (Fsp3) is 0.474. The van der Waals surface area contributed by atoms with Gasteiger partial charge in [-0.05, 0) is 121 Å². The van der Waals surface area contributed by atoms with E-state index in [0.717, 1.165) is 32.7 Å². The second kappa shape index (κ2) is 53.9. The third-order valence-electron chi connectivity index (χ3n) is 22.8.